The second-order valence-electron chi connectivity index (χ2n) is 1.88. The summed E-state index contributed by atoms with van der Waals surface area (Å²) in [6.07, 6.45) is 3.86. The van der Waals surface area contributed by atoms with E-state index in [2.05, 4.69) is 0 Å². The molecule has 0 atom stereocenters. The molecule has 34 valence electrons. The van der Waals surface area contributed by atoms with Crippen LogP contribution in [0.3, 0.4) is 0 Å². The Kier molecular flexibility index (Phi) is 1.13. The molecule has 0 nitrogen and oxygen atoms in total. The molecule has 0 aromatic carbocycles. The quantitative estimate of drug-likeness (QED) is 0.394. The Morgan fingerprint density at radius 1 is 1.17 bits per heavy atom. The number of halogens is 1. The SMILES string of the molecule is FB1CCCC1. The number of rotatable bonds is 0. The van der Waals surface area contributed by atoms with Crippen LogP contribution in [0.25, 0.3) is 0 Å². The van der Waals surface area contributed by atoms with Crippen molar-refractivity contribution in [3.63, 3.8) is 0 Å². The zero-order chi connectivity index (χ0) is 4.41. The van der Waals surface area contributed by atoms with Crippen molar-refractivity contribution in [1.82, 2.24) is 0 Å². The maximum atomic E-state index is 11.9. The molecule has 1 aliphatic heterocycles. The lowest BCUT2D eigenvalue weighted by molar-refractivity contribution is 0.829. The van der Waals surface area contributed by atoms with Gasteiger partial charge in [0.15, 0.2) is 0 Å². The van der Waals surface area contributed by atoms with E-state index in [1.54, 1.807) is 0 Å². The van der Waals surface area contributed by atoms with E-state index in [4.69, 9.17) is 0 Å². The molecule has 1 saturated heterocycles. The smallest absolute Gasteiger partial charge is 0.336 e. The van der Waals surface area contributed by atoms with E-state index in [-0.39, 0.29) is 0 Å². The maximum absolute atomic E-state index is 11.9. The first kappa shape index (κ1) is 4.16. The molecule has 6 heavy (non-hydrogen) atoms. The molecule has 2 heteroatoms. The first-order chi connectivity index (χ1) is 2.89. The molecular formula is C4H8BF. The molecule has 0 radical (unpaired) electrons. The number of hydrogen-bond acceptors (Lipinski definition) is 0. The van der Waals surface area contributed by atoms with Gasteiger partial charge in [0.25, 0.3) is 0 Å². The third-order valence-electron chi connectivity index (χ3n) is 1.28. The Labute approximate surface area is 37.9 Å². The van der Waals surface area contributed by atoms with E-state index in [9.17, 15) is 4.32 Å². The maximum Gasteiger partial charge on any atom is 0.348 e. The van der Waals surface area contributed by atoms with Gasteiger partial charge in [0.2, 0.25) is 0 Å². The summed E-state index contributed by atoms with van der Waals surface area (Å²) in [5, 5.41) is 0. The summed E-state index contributed by atoms with van der Waals surface area (Å²) >= 11 is 0. The van der Waals surface area contributed by atoms with Gasteiger partial charge in [0.1, 0.15) is 0 Å². The fourth-order valence-electron chi connectivity index (χ4n) is 0.876. The molecule has 0 aliphatic carbocycles. The van der Waals surface area contributed by atoms with Crippen molar-refractivity contribution in [2.75, 3.05) is 0 Å². The Balaban J connectivity index is 2.18. The van der Waals surface area contributed by atoms with Crippen molar-refractivity contribution in [1.29, 1.82) is 0 Å². The van der Waals surface area contributed by atoms with Crippen molar-refractivity contribution in [2.45, 2.75) is 25.5 Å². The highest BCUT2D eigenvalue weighted by Crippen LogP contribution is 2.18. The second kappa shape index (κ2) is 1.63. The molecule has 0 amide bonds. The monoisotopic (exact) mass is 86.1 g/mol. The van der Waals surface area contributed by atoms with Crippen LogP contribution < -0.4 is 0 Å². The lowest BCUT2D eigenvalue weighted by Crippen LogP contribution is -1.92. The van der Waals surface area contributed by atoms with Crippen LogP contribution in [0.5, 0.6) is 0 Å². The average molecular weight is 85.9 g/mol. The second-order valence-corrected chi connectivity index (χ2v) is 1.88. The fourth-order valence-corrected chi connectivity index (χ4v) is 0.876. The summed E-state index contributed by atoms with van der Waals surface area (Å²) < 4.78 is 11.9. The number of hydrogen-bond donors (Lipinski definition) is 0. The van der Waals surface area contributed by atoms with Gasteiger partial charge in [-0.1, -0.05) is 12.8 Å². The molecule has 0 aromatic heterocycles. The van der Waals surface area contributed by atoms with E-state index in [1.807, 2.05) is 0 Å². The fraction of sp³-hybridized carbons (Fsp3) is 1.00. The van der Waals surface area contributed by atoms with E-state index >= 15 is 0 Å². The molecule has 1 aliphatic rings. The third kappa shape index (κ3) is 0.732. The van der Waals surface area contributed by atoms with Gasteiger partial charge in [-0.2, -0.15) is 0 Å². The Morgan fingerprint density at radius 2 is 1.67 bits per heavy atom. The average Bonchev–Trinajstić information content (AvgIpc) is 1.86. The van der Waals surface area contributed by atoms with Gasteiger partial charge in [0, 0.05) is 0 Å². The summed E-state index contributed by atoms with van der Waals surface area (Å²) in [6.45, 7) is -0.454. The van der Waals surface area contributed by atoms with Crippen molar-refractivity contribution >= 4 is 6.99 Å². The van der Waals surface area contributed by atoms with Crippen LogP contribution in [0.4, 0.5) is 4.32 Å². The van der Waals surface area contributed by atoms with Gasteiger partial charge in [-0.05, 0) is 12.6 Å². The summed E-state index contributed by atoms with van der Waals surface area (Å²) in [7, 11) is 0. The van der Waals surface area contributed by atoms with Gasteiger partial charge >= 0.3 is 6.99 Å². The molecule has 0 spiro atoms. The predicted octanol–water partition coefficient (Wildman–Crippen LogP) is 1.74. The molecular weight excluding hydrogens is 77.9 g/mol. The van der Waals surface area contributed by atoms with E-state index in [0.717, 1.165) is 25.5 Å². The summed E-state index contributed by atoms with van der Waals surface area (Å²) in [4.78, 5) is 0. The van der Waals surface area contributed by atoms with Crippen LogP contribution in [-0.4, -0.2) is 6.99 Å². The highest BCUT2D eigenvalue weighted by Gasteiger charge is 2.18. The zero-order valence-corrected chi connectivity index (χ0v) is 3.78. The van der Waals surface area contributed by atoms with Crippen LogP contribution in [0.15, 0.2) is 0 Å². The minimum absolute atomic E-state index is 0.454. The van der Waals surface area contributed by atoms with Gasteiger partial charge in [0.05, 0.1) is 0 Å². The normalized spacial score (nSPS) is 22.5. The van der Waals surface area contributed by atoms with Gasteiger partial charge in [-0.15, -0.1) is 0 Å². The Morgan fingerprint density at radius 3 is 1.83 bits per heavy atom. The largest absolute Gasteiger partial charge is 0.348 e. The lowest BCUT2D eigenvalue weighted by Gasteiger charge is -1.79. The zero-order valence-electron chi connectivity index (χ0n) is 3.78. The first-order valence-corrected chi connectivity index (χ1v) is 2.53. The Bertz CT molecular complexity index is 40.8. The molecule has 0 bridgehead atoms. The van der Waals surface area contributed by atoms with Crippen LogP contribution in [-0.2, 0) is 0 Å². The van der Waals surface area contributed by atoms with Crippen LogP contribution >= 0.6 is 0 Å². The topological polar surface area (TPSA) is 0 Å². The Hall–Kier alpha value is -0.00506. The molecule has 0 aromatic rings. The minimum Gasteiger partial charge on any atom is -0.336 e. The van der Waals surface area contributed by atoms with Gasteiger partial charge in [-0.25, -0.2) is 0 Å². The van der Waals surface area contributed by atoms with Crippen LogP contribution in [0.2, 0.25) is 12.6 Å². The van der Waals surface area contributed by atoms with E-state index < -0.39 is 6.99 Å². The van der Waals surface area contributed by atoms with Gasteiger partial charge in [-0.3, -0.25) is 0 Å². The van der Waals surface area contributed by atoms with E-state index in [0.29, 0.717) is 0 Å². The summed E-state index contributed by atoms with van der Waals surface area (Å²) in [5.41, 5.74) is 0. The first-order valence-electron chi connectivity index (χ1n) is 2.53. The lowest BCUT2D eigenvalue weighted by atomic mass is 9.71. The minimum atomic E-state index is -0.454. The molecule has 1 heterocycles. The molecule has 0 unspecified atom stereocenters. The molecule has 0 N–H and O–H groups in total. The highest BCUT2D eigenvalue weighted by atomic mass is 19.1. The van der Waals surface area contributed by atoms with E-state index in [1.165, 1.54) is 0 Å². The highest BCUT2D eigenvalue weighted by molar-refractivity contribution is 6.51. The summed E-state index contributed by atoms with van der Waals surface area (Å²) in [6, 6.07) is 0. The van der Waals surface area contributed by atoms with Gasteiger partial charge < -0.3 is 4.32 Å². The molecule has 1 fully saturated rings. The molecule has 0 saturated carbocycles. The van der Waals surface area contributed by atoms with Crippen molar-refractivity contribution in [3.8, 4) is 0 Å². The van der Waals surface area contributed by atoms with Crippen molar-refractivity contribution in [3.05, 3.63) is 0 Å². The van der Waals surface area contributed by atoms with Crippen molar-refractivity contribution < 1.29 is 4.32 Å². The summed E-state index contributed by atoms with van der Waals surface area (Å²) in [5.74, 6) is 0. The predicted molar refractivity (Wildman–Crippen MR) is 25.7 cm³/mol. The van der Waals surface area contributed by atoms with Crippen molar-refractivity contribution in [2.24, 2.45) is 0 Å². The van der Waals surface area contributed by atoms with Crippen LogP contribution in [0, 0.1) is 0 Å². The molecule has 1 rings (SSSR count). The standard InChI is InChI=1S/C4H8BF/c6-5-3-1-2-4-5/h1-4H2. The van der Waals surface area contributed by atoms with Crippen LogP contribution in [0.1, 0.15) is 12.8 Å². The third-order valence-corrected chi connectivity index (χ3v) is 1.28.